The normalized spacial score (nSPS) is 14.0. The summed E-state index contributed by atoms with van der Waals surface area (Å²) in [4.78, 5) is 26.3. The summed E-state index contributed by atoms with van der Waals surface area (Å²) in [6.07, 6.45) is 1.57. The molecule has 1 aliphatic rings. The van der Waals surface area contributed by atoms with Crippen LogP contribution in [0, 0.1) is 6.92 Å². The molecular formula is C17H11NO3. The van der Waals surface area contributed by atoms with Crippen LogP contribution in [-0.4, -0.2) is 11.8 Å². The third kappa shape index (κ3) is 1.50. The zero-order valence-corrected chi connectivity index (χ0v) is 11.3. The Morgan fingerprint density at radius 2 is 1.57 bits per heavy atom. The Bertz CT molecular complexity index is 872. The number of amides is 2. The van der Waals surface area contributed by atoms with Crippen LogP contribution < -0.4 is 4.90 Å². The van der Waals surface area contributed by atoms with Crippen LogP contribution in [0.2, 0.25) is 0 Å². The Kier molecular flexibility index (Phi) is 2.30. The molecule has 102 valence electrons. The largest absolute Gasteiger partial charge is 0.464 e. The predicted octanol–water partition coefficient (Wildman–Crippen LogP) is 3.54. The molecule has 2 amide bonds. The monoisotopic (exact) mass is 277 g/mol. The number of anilines is 1. The van der Waals surface area contributed by atoms with Gasteiger partial charge in [0.25, 0.3) is 11.8 Å². The molecule has 4 nitrogen and oxygen atoms in total. The van der Waals surface area contributed by atoms with Crippen molar-refractivity contribution in [2.24, 2.45) is 0 Å². The van der Waals surface area contributed by atoms with Gasteiger partial charge in [-0.25, -0.2) is 4.90 Å². The summed E-state index contributed by atoms with van der Waals surface area (Å²) < 4.78 is 5.45. The molecule has 21 heavy (non-hydrogen) atoms. The maximum atomic E-state index is 12.5. The zero-order chi connectivity index (χ0) is 14.6. The summed E-state index contributed by atoms with van der Waals surface area (Å²) in [7, 11) is 0. The number of nitrogens with zero attached hydrogens (tertiary/aromatic N) is 1. The molecule has 2 aromatic carbocycles. The fraction of sp³-hybridized carbons (Fsp3) is 0.0588. The van der Waals surface area contributed by atoms with E-state index in [9.17, 15) is 9.59 Å². The summed E-state index contributed by atoms with van der Waals surface area (Å²) in [5.74, 6) is -0.580. The summed E-state index contributed by atoms with van der Waals surface area (Å²) in [5, 5.41) is 0.768. The number of fused-ring (bicyclic) bond motifs is 2. The van der Waals surface area contributed by atoms with Crippen LogP contribution in [-0.2, 0) is 0 Å². The molecule has 4 rings (SSSR count). The van der Waals surface area contributed by atoms with Crippen molar-refractivity contribution in [1.29, 1.82) is 0 Å². The highest BCUT2D eigenvalue weighted by atomic mass is 16.3. The van der Waals surface area contributed by atoms with Gasteiger partial charge in [-0.1, -0.05) is 18.2 Å². The molecule has 0 radical (unpaired) electrons. The zero-order valence-electron chi connectivity index (χ0n) is 11.3. The number of carbonyl (C=O) groups is 2. The maximum Gasteiger partial charge on any atom is 0.266 e. The second-order valence-electron chi connectivity index (χ2n) is 5.06. The number of imide groups is 1. The fourth-order valence-corrected chi connectivity index (χ4v) is 2.79. The molecule has 1 aromatic heterocycles. The molecule has 1 aliphatic heterocycles. The molecular weight excluding hydrogens is 266 g/mol. The van der Waals surface area contributed by atoms with E-state index in [1.165, 1.54) is 4.90 Å². The Morgan fingerprint density at radius 3 is 2.24 bits per heavy atom. The third-order valence-electron chi connectivity index (χ3n) is 3.83. The quantitative estimate of drug-likeness (QED) is 0.639. The topological polar surface area (TPSA) is 50.5 Å². The molecule has 4 heteroatoms. The Morgan fingerprint density at radius 1 is 0.905 bits per heavy atom. The lowest BCUT2D eigenvalue weighted by Gasteiger charge is -2.15. The van der Waals surface area contributed by atoms with Crippen LogP contribution in [0.3, 0.4) is 0 Å². The first kappa shape index (κ1) is 11.9. The van der Waals surface area contributed by atoms with Crippen molar-refractivity contribution in [2.75, 3.05) is 4.90 Å². The minimum atomic E-state index is -0.290. The van der Waals surface area contributed by atoms with Gasteiger partial charge < -0.3 is 4.42 Å². The van der Waals surface area contributed by atoms with Crippen molar-refractivity contribution in [2.45, 2.75) is 6.92 Å². The molecule has 0 fully saturated rings. The number of hydrogen-bond acceptors (Lipinski definition) is 3. The van der Waals surface area contributed by atoms with Crippen LogP contribution in [0.15, 0.2) is 53.1 Å². The van der Waals surface area contributed by atoms with Gasteiger partial charge in [-0.3, -0.25) is 9.59 Å². The molecule has 0 spiro atoms. The van der Waals surface area contributed by atoms with E-state index in [1.54, 1.807) is 42.7 Å². The van der Waals surface area contributed by atoms with Crippen LogP contribution in [0.25, 0.3) is 11.0 Å². The van der Waals surface area contributed by atoms with E-state index >= 15 is 0 Å². The summed E-state index contributed by atoms with van der Waals surface area (Å²) >= 11 is 0. The van der Waals surface area contributed by atoms with Crippen molar-refractivity contribution in [3.05, 3.63) is 65.4 Å². The highest BCUT2D eigenvalue weighted by Gasteiger charge is 2.37. The van der Waals surface area contributed by atoms with Gasteiger partial charge in [0.2, 0.25) is 0 Å². The average Bonchev–Trinajstić information content (AvgIpc) is 3.07. The number of aryl methyl sites for hydroxylation is 1. The fourth-order valence-electron chi connectivity index (χ4n) is 2.79. The van der Waals surface area contributed by atoms with E-state index in [0.29, 0.717) is 22.4 Å². The first-order valence-electron chi connectivity index (χ1n) is 6.63. The lowest BCUT2D eigenvalue weighted by Crippen LogP contribution is -2.29. The number of carbonyl (C=O) groups excluding carboxylic acids is 2. The van der Waals surface area contributed by atoms with E-state index in [0.717, 1.165) is 10.9 Å². The molecule has 0 saturated carbocycles. The molecule has 0 N–H and O–H groups in total. The third-order valence-corrected chi connectivity index (χ3v) is 3.83. The molecule has 0 atom stereocenters. The van der Waals surface area contributed by atoms with E-state index in [1.807, 2.05) is 13.0 Å². The van der Waals surface area contributed by atoms with Crippen molar-refractivity contribution >= 4 is 28.5 Å². The first-order chi connectivity index (χ1) is 10.2. The number of rotatable bonds is 1. The molecule has 0 bridgehead atoms. The SMILES string of the molecule is Cc1ccc(N2C(=O)c3ccccc3C2=O)c2ccoc12. The van der Waals surface area contributed by atoms with Gasteiger partial charge in [0.1, 0.15) is 5.58 Å². The molecule has 3 aromatic rings. The van der Waals surface area contributed by atoms with Crippen molar-refractivity contribution < 1.29 is 14.0 Å². The van der Waals surface area contributed by atoms with E-state index in [4.69, 9.17) is 4.42 Å². The number of benzene rings is 2. The average molecular weight is 277 g/mol. The predicted molar refractivity (Wildman–Crippen MR) is 78.5 cm³/mol. The van der Waals surface area contributed by atoms with Gasteiger partial charge in [-0.05, 0) is 36.8 Å². The van der Waals surface area contributed by atoms with E-state index in [-0.39, 0.29) is 11.8 Å². The van der Waals surface area contributed by atoms with Crippen molar-refractivity contribution in [1.82, 2.24) is 0 Å². The smallest absolute Gasteiger partial charge is 0.266 e. The summed E-state index contributed by atoms with van der Waals surface area (Å²) in [5.41, 5.74) is 3.12. The van der Waals surface area contributed by atoms with Crippen LogP contribution in [0.5, 0.6) is 0 Å². The summed E-state index contributed by atoms with van der Waals surface area (Å²) in [6, 6.07) is 12.3. The molecule has 0 saturated heterocycles. The van der Waals surface area contributed by atoms with Crippen LogP contribution in [0.4, 0.5) is 5.69 Å². The highest BCUT2D eigenvalue weighted by molar-refractivity contribution is 6.35. The van der Waals surface area contributed by atoms with Crippen LogP contribution in [0.1, 0.15) is 26.3 Å². The lowest BCUT2D eigenvalue weighted by molar-refractivity contribution is 0.0926. The molecule has 0 unspecified atom stereocenters. The minimum absolute atomic E-state index is 0.290. The lowest BCUT2D eigenvalue weighted by atomic mass is 10.1. The minimum Gasteiger partial charge on any atom is -0.464 e. The molecule has 0 aliphatic carbocycles. The van der Waals surface area contributed by atoms with E-state index < -0.39 is 0 Å². The Hall–Kier alpha value is -2.88. The van der Waals surface area contributed by atoms with Crippen molar-refractivity contribution in [3.63, 3.8) is 0 Å². The standard InChI is InChI=1S/C17H11NO3/c1-10-6-7-14(13-8-9-21-15(10)13)18-16(19)11-4-2-3-5-12(11)17(18)20/h2-9H,1H3. The van der Waals surface area contributed by atoms with Gasteiger partial charge >= 0.3 is 0 Å². The Balaban J connectivity index is 1.95. The molecule has 2 heterocycles. The van der Waals surface area contributed by atoms with Gasteiger partial charge in [-0.2, -0.15) is 0 Å². The second-order valence-corrected chi connectivity index (χ2v) is 5.06. The van der Waals surface area contributed by atoms with Crippen LogP contribution >= 0.6 is 0 Å². The van der Waals surface area contributed by atoms with Gasteiger partial charge in [0.05, 0.1) is 23.1 Å². The second kappa shape index (κ2) is 4.06. The van der Waals surface area contributed by atoms with E-state index in [2.05, 4.69) is 0 Å². The Labute approximate surface area is 120 Å². The van der Waals surface area contributed by atoms with Crippen molar-refractivity contribution in [3.8, 4) is 0 Å². The first-order valence-corrected chi connectivity index (χ1v) is 6.63. The van der Waals surface area contributed by atoms with Gasteiger partial charge in [-0.15, -0.1) is 0 Å². The van der Waals surface area contributed by atoms with Gasteiger partial charge in [0, 0.05) is 5.39 Å². The summed E-state index contributed by atoms with van der Waals surface area (Å²) in [6.45, 7) is 1.93. The number of furan rings is 1. The van der Waals surface area contributed by atoms with Gasteiger partial charge in [0.15, 0.2) is 0 Å². The number of hydrogen-bond donors (Lipinski definition) is 0. The maximum absolute atomic E-state index is 12.5. The highest BCUT2D eigenvalue weighted by Crippen LogP contribution is 2.35.